The number of hydroxylamine groups is 2. The lowest BCUT2D eigenvalue weighted by Crippen LogP contribution is -2.52. The number of nitrogens with zero attached hydrogens (tertiary/aromatic N) is 2. The fourth-order valence-corrected chi connectivity index (χ4v) is 4.20. The monoisotopic (exact) mass is 477 g/mol. The number of pyridine rings is 1. The van der Waals surface area contributed by atoms with Crippen LogP contribution in [0.1, 0.15) is 24.0 Å². The molecule has 2 aromatic carbocycles. The molecule has 1 atom stereocenters. The molecule has 0 spiro atoms. The number of ether oxygens (including phenoxy) is 3. The van der Waals surface area contributed by atoms with Gasteiger partial charge in [-0.1, -0.05) is 24.3 Å². The first-order chi connectivity index (χ1) is 16.8. The number of rotatable bonds is 7. The summed E-state index contributed by atoms with van der Waals surface area (Å²) in [6.07, 6.45) is 1.58. The minimum atomic E-state index is -0.548. The van der Waals surface area contributed by atoms with E-state index in [1.807, 2.05) is 50.2 Å². The quantitative estimate of drug-likeness (QED) is 0.393. The molecule has 1 aromatic heterocycles. The number of nitrogens with one attached hydrogen (secondary N) is 1. The number of carbonyl (C=O) groups is 1. The highest BCUT2D eigenvalue weighted by Crippen LogP contribution is 2.36. The number of morpholine rings is 1. The molecule has 1 unspecified atom stereocenters. The van der Waals surface area contributed by atoms with Crippen LogP contribution in [0.5, 0.6) is 11.5 Å². The molecule has 1 saturated heterocycles. The fourth-order valence-electron chi connectivity index (χ4n) is 4.20. The third-order valence-electron chi connectivity index (χ3n) is 6.46. The Hall–Kier alpha value is -3.46. The molecule has 0 aliphatic carbocycles. The van der Waals surface area contributed by atoms with E-state index in [-0.39, 0.29) is 5.91 Å². The van der Waals surface area contributed by atoms with Crippen LogP contribution in [0.2, 0.25) is 0 Å². The molecular weight excluding hydrogens is 446 g/mol. The van der Waals surface area contributed by atoms with Crippen LogP contribution in [0.3, 0.4) is 0 Å². The van der Waals surface area contributed by atoms with Gasteiger partial charge >= 0.3 is 0 Å². The Morgan fingerprint density at radius 3 is 2.34 bits per heavy atom. The predicted molar refractivity (Wildman–Crippen MR) is 137 cm³/mol. The highest BCUT2D eigenvalue weighted by Gasteiger charge is 2.28. The van der Waals surface area contributed by atoms with Gasteiger partial charge in [0.05, 0.1) is 45.2 Å². The van der Waals surface area contributed by atoms with Crippen molar-refractivity contribution in [3.05, 3.63) is 71.1 Å². The van der Waals surface area contributed by atoms with Crippen molar-refractivity contribution in [3.8, 4) is 22.6 Å². The van der Waals surface area contributed by atoms with E-state index in [0.29, 0.717) is 49.3 Å². The number of aromatic nitrogens is 1. The van der Waals surface area contributed by atoms with E-state index in [4.69, 9.17) is 14.2 Å². The largest absolute Gasteiger partial charge is 0.626 e. The molecule has 0 bridgehead atoms. The van der Waals surface area contributed by atoms with Crippen LogP contribution in [0.4, 0.5) is 11.5 Å². The summed E-state index contributed by atoms with van der Waals surface area (Å²) in [5, 5.41) is 16.5. The zero-order chi connectivity index (χ0) is 25.0. The molecule has 35 heavy (non-hydrogen) atoms. The van der Waals surface area contributed by atoms with Crippen LogP contribution in [-0.4, -0.2) is 51.4 Å². The second-order valence-corrected chi connectivity index (χ2v) is 8.71. The van der Waals surface area contributed by atoms with E-state index < -0.39 is 10.6 Å². The van der Waals surface area contributed by atoms with Crippen molar-refractivity contribution in [1.29, 1.82) is 0 Å². The maximum absolute atomic E-state index is 13.4. The molecule has 184 valence electrons. The highest BCUT2D eigenvalue weighted by atomic mass is 16.6. The van der Waals surface area contributed by atoms with Crippen molar-refractivity contribution in [2.75, 3.05) is 45.8 Å². The highest BCUT2D eigenvalue weighted by molar-refractivity contribution is 5.99. The number of carbonyl (C=O) groups excluding carboxylic acids is 1. The van der Waals surface area contributed by atoms with Crippen LogP contribution in [0.25, 0.3) is 11.1 Å². The number of anilines is 1. The molecule has 0 radical (unpaired) electrons. The Balaban J connectivity index is 1.70. The van der Waals surface area contributed by atoms with Crippen molar-refractivity contribution in [3.63, 3.8) is 0 Å². The van der Waals surface area contributed by atoms with Gasteiger partial charge in [0.25, 0.3) is 0 Å². The Labute approximate surface area is 205 Å². The van der Waals surface area contributed by atoms with E-state index in [1.165, 1.54) is 0 Å². The summed E-state index contributed by atoms with van der Waals surface area (Å²) in [6.45, 7) is 5.23. The SMILES string of the molecule is COc1cc(OC)cc(C(C)C(=O)Nc2cnc([N+]3([O-])CCOCC3)cc2-c2ccccc2C)c1. The van der Waals surface area contributed by atoms with Crippen molar-refractivity contribution < 1.29 is 19.0 Å². The zero-order valence-electron chi connectivity index (χ0n) is 20.5. The van der Waals surface area contributed by atoms with E-state index in [9.17, 15) is 10.0 Å². The molecule has 1 amide bonds. The molecule has 3 aromatic rings. The van der Waals surface area contributed by atoms with Crippen LogP contribution in [0.15, 0.2) is 54.7 Å². The number of hydrogen-bond donors (Lipinski definition) is 1. The summed E-state index contributed by atoms with van der Waals surface area (Å²) in [5.41, 5.74) is 4.04. The maximum Gasteiger partial charge on any atom is 0.231 e. The number of methoxy groups -OCH3 is 2. The average molecular weight is 478 g/mol. The summed E-state index contributed by atoms with van der Waals surface area (Å²) in [6, 6.07) is 15.1. The first kappa shape index (κ1) is 24.7. The average Bonchev–Trinajstić information content (AvgIpc) is 2.88. The first-order valence-corrected chi connectivity index (χ1v) is 11.6. The van der Waals surface area contributed by atoms with Crippen LogP contribution in [-0.2, 0) is 9.53 Å². The molecular formula is C27H31N3O5. The molecule has 1 aliphatic rings. The maximum atomic E-state index is 13.4. The Morgan fingerprint density at radius 2 is 1.71 bits per heavy atom. The molecule has 8 nitrogen and oxygen atoms in total. The third kappa shape index (κ3) is 5.30. The van der Waals surface area contributed by atoms with E-state index in [1.54, 1.807) is 32.5 Å². The minimum Gasteiger partial charge on any atom is -0.626 e. The molecule has 2 heterocycles. The second kappa shape index (κ2) is 10.4. The Bertz CT molecular complexity index is 1180. The number of benzene rings is 2. The van der Waals surface area contributed by atoms with Gasteiger partial charge < -0.3 is 29.4 Å². The lowest BCUT2D eigenvalue weighted by atomic mass is 9.97. The molecule has 1 aliphatic heterocycles. The van der Waals surface area contributed by atoms with Crippen LogP contribution < -0.4 is 19.4 Å². The first-order valence-electron chi connectivity index (χ1n) is 11.6. The summed E-state index contributed by atoms with van der Waals surface area (Å²) in [5.74, 6) is 0.943. The number of amides is 1. The molecule has 1 fully saturated rings. The standard InChI is InChI=1S/C27H31N3O5/c1-18-7-5-6-8-23(18)24-16-26(30(32)9-11-35-12-10-30)28-17-25(24)29-27(31)19(2)20-13-21(33-3)15-22(14-20)34-4/h5-8,13-17,19H,9-12H2,1-4H3,(H,29,31). The van der Waals surface area contributed by atoms with Gasteiger partial charge in [-0.15, -0.1) is 0 Å². The molecule has 1 N–H and O–H groups in total. The number of quaternary nitrogens is 1. The smallest absolute Gasteiger partial charge is 0.231 e. The van der Waals surface area contributed by atoms with Crippen LogP contribution >= 0.6 is 0 Å². The number of hydrogen-bond acceptors (Lipinski definition) is 6. The molecule has 8 heteroatoms. The van der Waals surface area contributed by atoms with E-state index in [0.717, 1.165) is 22.3 Å². The normalized spacial score (nSPS) is 15.8. The van der Waals surface area contributed by atoms with E-state index >= 15 is 0 Å². The summed E-state index contributed by atoms with van der Waals surface area (Å²) >= 11 is 0. The Morgan fingerprint density at radius 1 is 1.06 bits per heavy atom. The van der Waals surface area contributed by atoms with Gasteiger partial charge in [-0.2, -0.15) is 0 Å². The zero-order valence-corrected chi connectivity index (χ0v) is 20.5. The van der Waals surface area contributed by atoms with Gasteiger partial charge in [-0.25, -0.2) is 4.98 Å². The minimum absolute atomic E-state index is 0.206. The van der Waals surface area contributed by atoms with Crippen molar-refractivity contribution in [1.82, 2.24) is 9.63 Å². The molecule has 0 saturated carbocycles. The fraction of sp³-hybridized carbons (Fsp3) is 0.333. The van der Waals surface area contributed by atoms with E-state index in [2.05, 4.69) is 10.3 Å². The van der Waals surface area contributed by atoms with Crippen molar-refractivity contribution in [2.24, 2.45) is 0 Å². The lowest BCUT2D eigenvalue weighted by molar-refractivity contribution is -0.117. The summed E-state index contributed by atoms with van der Waals surface area (Å²) in [7, 11) is 3.15. The van der Waals surface area contributed by atoms with Gasteiger partial charge in [0.15, 0.2) is 0 Å². The van der Waals surface area contributed by atoms with Crippen LogP contribution in [0, 0.1) is 12.1 Å². The van der Waals surface area contributed by atoms with Gasteiger partial charge in [-0.05, 0) is 42.7 Å². The number of aryl methyl sites for hydroxylation is 1. The summed E-state index contributed by atoms with van der Waals surface area (Å²) < 4.78 is 15.5. The topological polar surface area (TPSA) is 92.7 Å². The molecule has 4 rings (SSSR count). The van der Waals surface area contributed by atoms with Gasteiger partial charge in [0.2, 0.25) is 11.7 Å². The van der Waals surface area contributed by atoms with Gasteiger partial charge in [0, 0.05) is 17.7 Å². The second-order valence-electron chi connectivity index (χ2n) is 8.71. The Kier molecular flexibility index (Phi) is 7.35. The van der Waals surface area contributed by atoms with Crippen molar-refractivity contribution in [2.45, 2.75) is 19.8 Å². The summed E-state index contributed by atoms with van der Waals surface area (Å²) in [4.78, 5) is 17.8. The third-order valence-corrected chi connectivity index (χ3v) is 6.46. The van der Waals surface area contributed by atoms with Crippen molar-refractivity contribution >= 4 is 17.4 Å². The predicted octanol–water partition coefficient (Wildman–Crippen LogP) is 4.65. The lowest BCUT2D eigenvalue weighted by Gasteiger charge is -2.43. The van der Waals surface area contributed by atoms with Gasteiger partial charge in [0.1, 0.15) is 24.6 Å². The van der Waals surface area contributed by atoms with Gasteiger partial charge in [-0.3, -0.25) is 4.79 Å².